The standard InChI is InChI=1S/C10H18N2O2/c1-7(2)9(13)14-8-5-3-4-6-10(8,11)12/h8H,1,3-6,11-12H2,2H3. The van der Waals surface area contributed by atoms with Crippen molar-refractivity contribution in [1.29, 1.82) is 0 Å². The summed E-state index contributed by atoms with van der Waals surface area (Å²) in [7, 11) is 0. The number of esters is 1. The molecular weight excluding hydrogens is 180 g/mol. The molecule has 0 aliphatic heterocycles. The van der Waals surface area contributed by atoms with Crippen molar-refractivity contribution in [3.05, 3.63) is 12.2 Å². The number of rotatable bonds is 2. The van der Waals surface area contributed by atoms with E-state index < -0.39 is 11.6 Å². The monoisotopic (exact) mass is 198 g/mol. The van der Waals surface area contributed by atoms with Gasteiger partial charge in [0, 0.05) is 5.57 Å². The molecule has 4 N–H and O–H groups in total. The molecule has 0 bridgehead atoms. The average Bonchev–Trinajstić information content (AvgIpc) is 2.08. The van der Waals surface area contributed by atoms with Crippen LogP contribution in [0, 0.1) is 0 Å². The Morgan fingerprint density at radius 2 is 2.14 bits per heavy atom. The van der Waals surface area contributed by atoms with Gasteiger partial charge < -0.3 is 16.2 Å². The van der Waals surface area contributed by atoms with Gasteiger partial charge in [0.25, 0.3) is 0 Å². The zero-order valence-corrected chi connectivity index (χ0v) is 8.58. The molecule has 1 rings (SSSR count). The van der Waals surface area contributed by atoms with Crippen LogP contribution in [-0.2, 0) is 9.53 Å². The van der Waals surface area contributed by atoms with E-state index in [1.165, 1.54) is 0 Å². The van der Waals surface area contributed by atoms with E-state index in [2.05, 4.69) is 6.58 Å². The number of hydrogen-bond donors (Lipinski definition) is 2. The van der Waals surface area contributed by atoms with E-state index in [4.69, 9.17) is 16.2 Å². The van der Waals surface area contributed by atoms with E-state index in [-0.39, 0.29) is 6.10 Å². The molecule has 1 atom stereocenters. The highest BCUT2D eigenvalue weighted by Crippen LogP contribution is 2.25. The Kier molecular flexibility index (Phi) is 3.29. The second-order valence-corrected chi connectivity index (χ2v) is 4.03. The molecule has 14 heavy (non-hydrogen) atoms. The quantitative estimate of drug-likeness (QED) is 0.388. The Balaban J connectivity index is 2.58. The molecule has 1 saturated carbocycles. The van der Waals surface area contributed by atoms with Gasteiger partial charge in [0.2, 0.25) is 0 Å². The summed E-state index contributed by atoms with van der Waals surface area (Å²) < 4.78 is 5.18. The minimum absolute atomic E-state index is 0.375. The maximum Gasteiger partial charge on any atom is 0.333 e. The van der Waals surface area contributed by atoms with Gasteiger partial charge in [-0.2, -0.15) is 0 Å². The highest BCUT2D eigenvalue weighted by atomic mass is 16.5. The first-order chi connectivity index (χ1) is 6.43. The van der Waals surface area contributed by atoms with E-state index >= 15 is 0 Å². The molecular formula is C10H18N2O2. The molecule has 1 aliphatic carbocycles. The van der Waals surface area contributed by atoms with Crippen molar-refractivity contribution < 1.29 is 9.53 Å². The lowest BCUT2D eigenvalue weighted by Crippen LogP contribution is -2.61. The summed E-state index contributed by atoms with van der Waals surface area (Å²) in [4.78, 5) is 11.3. The fourth-order valence-corrected chi connectivity index (χ4v) is 1.59. The van der Waals surface area contributed by atoms with Crippen molar-refractivity contribution in [2.75, 3.05) is 0 Å². The van der Waals surface area contributed by atoms with Gasteiger partial charge >= 0.3 is 5.97 Å². The molecule has 0 radical (unpaired) electrons. The zero-order valence-electron chi connectivity index (χ0n) is 8.58. The van der Waals surface area contributed by atoms with Gasteiger partial charge in [0.1, 0.15) is 11.8 Å². The summed E-state index contributed by atoms with van der Waals surface area (Å²) in [5.74, 6) is -0.405. The zero-order chi connectivity index (χ0) is 10.8. The summed E-state index contributed by atoms with van der Waals surface area (Å²) in [5, 5.41) is 0. The SMILES string of the molecule is C=C(C)C(=O)OC1CCCCC1(N)N. The lowest BCUT2D eigenvalue weighted by Gasteiger charge is -2.37. The van der Waals surface area contributed by atoms with E-state index in [1.54, 1.807) is 6.92 Å². The van der Waals surface area contributed by atoms with Gasteiger partial charge in [-0.1, -0.05) is 6.58 Å². The minimum Gasteiger partial charge on any atom is -0.456 e. The molecule has 0 amide bonds. The average molecular weight is 198 g/mol. The maximum atomic E-state index is 11.3. The van der Waals surface area contributed by atoms with E-state index in [0.717, 1.165) is 19.3 Å². The van der Waals surface area contributed by atoms with E-state index in [0.29, 0.717) is 12.0 Å². The molecule has 1 fully saturated rings. The van der Waals surface area contributed by atoms with Gasteiger partial charge in [0.15, 0.2) is 0 Å². The molecule has 0 aromatic heterocycles. The molecule has 1 aliphatic rings. The molecule has 0 aromatic rings. The topological polar surface area (TPSA) is 78.3 Å². The first-order valence-corrected chi connectivity index (χ1v) is 4.88. The second-order valence-electron chi connectivity index (χ2n) is 4.03. The Morgan fingerprint density at radius 1 is 1.50 bits per heavy atom. The third-order valence-corrected chi connectivity index (χ3v) is 2.52. The van der Waals surface area contributed by atoms with Gasteiger partial charge in [-0.3, -0.25) is 0 Å². The smallest absolute Gasteiger partial charge is 0.333 e. The predicted octanol–water partition coefficient (Wildman–Crippen LogP) is 0.662. The Hall–Kier alpha value is -0.870. The summed E-state index contributed by atoms with van der Waals surface area (Å²) in [6.45, 7) is 5.12. The van der Waals surface area contributed by atoms with Crippen LogP contribution < -0.4 is 11.5 Å². The first-order valence-electron chi connectivity index (χ1n) is 4.88. The van der Waals surface area contributed by atoms with Crippen LogP contribution in [0.1, 0.15) is 32.6 Å². The van der Waals surface area contributed by atoms with Crippen molar-refractivity contribution in [3.8, 4) is 0 Å². The largest absolute Gasteiger partial charge is 0.456 e. The third-order valence-electron chi connectivity index (χ3n) is 2.52. The predicted molar refractivity (Wildman–Crippen MR) is 54.3 cm³/mol. The third kappa shape index (κ3) is 2.56. The lowest BCUT2D eigenvalue weighted by molar-refractivity contribution is -0.149. The van der Waals surface area contributed by atoms with Crippen LogP contribution in [0.3, 0.4) is 0 Å². The molecule has 4 heteroatoms. The molecule has 0 aromatic carbocycles. The Morgan fingerprint density at radius 3 is 2.64 bits per heavy atom. The molecule has 0 saturated heterocycles. The van der Waals surface area contributed by atoms with Crippen molar-refractivity contribution in [1.82, 2.24) is 0 Å². The van der Waals surface area contributed by atoms with E-state index in [1.807, 2.05) is 0 Å². The van der Waals surface area contributed by atoms with Gasteiger partial charge in [-0.25, -0.2) is 4.79 Å². The van der Waals surface area contributed by atoms with Crippen LogP contribution in [0.15, 0.2) is 12.2 Å². The summed E-state index contributed by atoms with van der Waals surface area (Å²) in [5.41, 5.74) is 11.2. The number of carbonyl (C=O) groups excluding carboxylic acids is 1. The van der Waals surface area contributed by atoms with Crippen molar-refractivity contribution in [2.45, 2.75) is 44.4 Å². The number of nitrogens with two attached hydrogens (primary N) is 2. The van der Waals surface area contributed by atoms with E-state index in [9.17, 15) is 4.79 Å². The van der Waals surface area contributed by atoms with Crippen LogP contribution >= 0.6 is 0 Å². The van der Waals surface area contributed by atoms with Crippen molar-refractivity contribution in [3.63, 3.8) is 0 Å². The van der Waals surface area contributed by atoms with Gasteiger partial charge in [-0.05, 0) is 32.6 Å². The minimum atomic E-state index is -0.872. The highest BCUT2D eigenvalue weighted by Gasteiger charge is 2.36. The summed E-state index contributed by atoms with van der Waals surface area (Å²) in [6, 6.07) is 0. The van der Waals surface area contributed by atoms with Crippen LogP contribution in [0.5, 0.6) is 0 Å². The Bertz CT molecular complexity index is 249. The second kappa shape index (κ2) is 4.11. The fraction of sp³-hybridized carbons (Fsp3) is 0.700. The molecule has 4 nitrogen and oxygen atoms in total. The van der Waals surface area contributed by atoms with Crippen molar-refractivity contribution in [2.24, 2.45) is 11.5 Å². The molecule has 0 spiro atoms. The number of carbonyl (C=O) groups is 1. The fourth-order valence-electron chi connectivity index (χ4n) is 1.59. The maximum absolute atomic E-state index is 11.3. The van der Waals surface area contributed by atoms with Gasteiger partial charge in [-0.15, -0.1) is 0 Å². The number of ether oxygens (including phenoxy) is 1. The molecule has 1 unspecified atom stereocenters. The first kappa shape index (κ1) is 11.2. The van der Waals surface area contributed by atoms with Crippen LogP contribution in [0.4, 0.5) is 0 Å². The summed E-state index contributed by atoms with van der Waals surface area (Å²) in [6.07, 6.45) is 3.06. The van der Waals surface area contributed by atoms with Crippen LogP contribution in [0.25, 0.3) is 0 Å². The summed E-state index contributed by atoms with van der Waals surface area (Å²) >= 11 is 0. The lowest BCUT2D eigenvalue weighted by atomic mass is 9.87. The Labute approximate surface area is 84.3 Å². The van der Waals surface area contributed by atoms with Crippen molar-refractivity contribution >= 4 is 5.97 Å². The molecule has 80 valence electrons. The highest BCUT2D eigenvalue weighted by molar-refractivity contribution is 5.87. The number of hydrogen-bond acceptors (Lipinski definition) is 4. The molecule has 0 heterocycles. The van der Waals surface area contributed by atoms with Gasteiger partial charge in [0.05, 0.1) is 0 Å². The normalized spacial score (nSPS) is 25.5. The van der Waals surface area contributed by atoms with Crippen LogP contribution in [-0.4, -0.2) is 17.7 Å². The van der Waals surface area contributed by atoms with Crippen LogP contribution in [0.2, 0.25) is 0 Å².